The number of ether oxygens (including phenoxy) is 1. The molecule has 0 fully saturated rings. The minimum atomic E-state index is -0.405. The second-order valence-corrected chi connectivity index (χ2v) is 5.15. The molecule has 6 heteroatoms. The number of alkyl halides is 1. The Morgan fingerprint density at radius 1 is 1.43 bits per heavy atom. The summed E-state index contributed by atoms with van der Waals surface area (Å²) in [6.45, 7) is 5.84. The van der Waals surface area contributed by atoms with Gasteiger partial charge in [-0.15, -0.1) is 11.6 Å². The Morgan fingerprint density at radius 3 is 2.76 bits per heavy atom. The summed E-state index contributed by atoms with van der Waals surface area (Å²) < 4.78 is 5.19. The third kappa shape index (κ3) is 2.78. The van der Waals surface area contributed by atoms with Crippen LogP contribution in [0.25, 0.3) is 10.8 Å². The van der Waals surface area contributed by atoms with Crippen LogP contribution in [0.4, 0.5) is 0 Å². The largest absolute Gasteiger partial charge is 0.462 e. The van der Waals surface area contributed by atoms with E-state index in [9.17, 15) is 9.59 Å². The van der Waals surface area contributed by atoms with Crippen LogP contribution in [0, 0.1) is 13.8 Å². The van der Waals surface area contributed by atoms with Crippen molar-refractivity contribution in [2.45, 2.75) is 33.1 Å². The standard InChI is InChI=1S/C15H17ClN2O3/c1-4-5-21-15(20)12-8(2)6-10-11(7-16)17-18-14(19)13(10)9(12)3/h6H,4-5,7H2,1-3H3,(H,18,19). The Balaban J connectivity index is 2.73. The number of aromatic nitrogens is 2. The fourth-order valence-corrected chi connectivity index (χ4v) is 2.62. The number of rotatable bonds is 4. The molecule has 112 valence electrons. The molecule has 0 saturated heterocycles. The maximum absolute atomic E-state index is 12.2. The van der Waals surface area contributed by atoms with Crippen molar-refractivity contribution in [2.75, 3.05) is 6.61 Å². The molecule has 0 aliphatic carbocycles. The number of benzene rings is 1. The average Bonchev–Trinajstić information content (AvgIpc) is 2.45. The van der Waals surface area contributed by atoms with E-state index in [2.05, 4.69) is 10.2 Å². The molecule has 2 aromatic rings. The number of hydrogen-bond donors (Lipinski definition) is 1. The molecule has 0 spiro atoms. The number of aryl methyl sites for hydroxylation is 2. The number of hydrogen-bond acceptors (Lipinski definition) is 4. The van der Waals surface area contributed by atoms with Crippen molar-refractivity contribution in [1.29, 1.82) is 0 Å². The third-order valence-electron chi connectivity index (χ3n) is 3.37. The van der Waals surface area contributed by atoms with Crippen LogP contribution >= 0.6 is 11.6 Å². The fraction of sp³-hybridized carbons (Fsp3) is 0.400. The van der Waals surface area contributed by atoms with Crippen LogP contribution in [0.1, 0.15) is 40.5 Å². The summed E-state index contributed by atoms with van der Waals surface area (Å²) in [6, 6.07) is 1.77. The highest BCUT2D eigenvalue weighted by molar-refractivity contribution is 6.18. The van der Waals surface area contributed by atoms with E-state index in [1.54, 1.807) is 13.0 Å². The molecule has 1 aromatic heterocycles. The fourth-order valence-electron chi connectivity index (χ4n) is 2.42. The summed E-state index contributed by atoms with van der Waals surface area (Å²) in [5.74, 6) is -0.219. The third-order valence-corrected chi connectivity index (χ3v) is 3.63. The molecular formula is C15H17ClN2O3. The van der Waals surface area contributed by atoms with E-state index in [1.807, 2.05) is 13.8 Å². The van der Waals surface area contributed by atoms with Crippen molar-refractivity contribution in [3.63, 3.8) is 0 Å². The van der Waals surface area contributed by atoms with Gasteiger partial charge in [-0.3, -0.25) is 4.79 Å². The lowest BCUT2D eigenvalue weighted by molar-refractivity contribution is 0.0503. The lowest BCUT2D eigenvalue weighted by Gasteiger charge is -2.13. The van der Waals surface area contributed by atoms with Gasteiger partial charge in [0.15, 0.2) is 0 Å². The van der Waals surface area contributed by atoms with Gasteiger partial charge in [0.1, 0.15) is 0 Å². The first-order valence-electron chi connectivity index (χ1n) is 6.75. The number of halogens is 1. The van der Waals surface area contributed by atoms with Crippen molar-refractivity contribution in [3.8, 4) is 0 Å². The van der Waals surface area contributed by atoms with E-state index in [-0.39, 0.29) is 11.4 Å². The van der Waals surface area contributed by atoms with Crippen LogP contribution in [0.15, 0.2) is 10.9 Å². The molecule has 1 heterocycles. The molecule has 0 bridgehead atoms. The molecule has 21 heavy (non-hydrogen) atoms. The minimum Gasteiger partial charge on any atom is -0.462 e. The molecule has 1 N–H and O–H groups in total. The van der Waals surface area contributed by atoms with Gasteiger partial charge in [-0.2, -0.15) is 5.10 Å². The summed E-state index contributed by atoms with van der Waals surface area (Å²) in [6.07, 6.45) is 0.748. The second-order valence-electron chi connectivity index (χ2n) is 4.89. The molecule has 0 radical (unpaired) electrons. The van der Waals surface area contributed by atoms with Crippen molar-refractivity contribution in [2.24, 2.45) is 0 Å². The van der Waals surface area contributed by atoms with Gasteiger partial charge in [-0.1, -0.05) is 6.92 Å². The van der Waals surface area contributed by atoms with E-state index in [4.69, 9.17) is 16.3 Å². The van der Waals surface area contributed by atoms with Gasteiger partial charge in [0.2, 0.25) is 0 Å². The van der Waals surface area contributed by atoms with Crippen LogP contribution in [-0.4, -0.2) is 22.8 Å². The van der Waals surface area contributed by atoms with Crippen molar-refractivity contribution < 1.29 is 9.53 Å². The summed E-state index contributed by atoms with van der Waals surface area (Å²) in [5.41, 5.74) is 2.04. The first-order valence-corrected chi connectivity index (χ1v) is 7.29. The zero-order valence-corrected chi connectivity index (χ0v) is 13.0. The Hall–Kier alpha value is -1.88. The zero-order chi connectivity index (χ0) is 15.6. The first kappa shape index (κ1) is 15.5. The topological polar surface area (TPSA) is 72.0 Å². The Labute approximate surface area is 127 Å². The summed E-state index contributed by atoms with van der Waals surface area (Å²) >= 11 is 5.86. The van der Waals surface area contributed by atoms with Crippen molar-refractivity contribution in [3.05, 3.63) is 38.8 Å². The maximum atomic E-state index is 12.2. The Bertz CT molecular complexity index is 753. The van der Waals surface area contributed by atoms with Crippen molar-refractivity contribution in [1.82, 2.24) is 10.2 Å². The molecule has 0 unspecified atom stereocenters. The highest BCUT2D eigenvalue weighted by Gasteiger charge is 2.19. The maximum Gasteiger partial charge on any atom is 0.338 e. The summed E-state index contributed by atoms with van der Waals surface area (Å²) in [5, 5.41) is 7.48. The molecule has 1 aromatic carbocycles. The lowest BCUT2D eigenvalue weighted by Crippen LogP contribution is -2.16. The van der Waals surface area contributed by atoms with Gasteiger partial charge in [-0.25, -0.2) is 9.89 Å². The van der Waals surface area contributed by atoms with E-state index in [0.29, 0.717) is 34.2 Å². The molecule has 0 aliphatic heterocycles. The van der Waals surface area contributed by atoms with Crippen molar-refractivity contribution >= 4 is 28.3 Å². The Kier molecular flexibility index (Phi) is 4.63. The number of nitrogens with one attached hydrogen (secondary N) is 1. The molecule has 0 atom stereocenters. The SMILES string of the molecule is CCCOC(=O)c1c(C)cc2c(CCl)n[nH]c(=O)c2c1C. The highest BCUT2D eigenvalue weighted by Crippen LogP contribution is 2.25. The lowest BCUT2D eigenvalue weighted by atomic mass is 9.96. The van der Waals surface area contributed by atoms with Gasteiger partial charge in [0, 0.05) is 5.39 Å². The van der Waals surface area contributed by atoms with E-state index in [1.165, 1.54) is 0 Å². The zero-order valence-electron chi connectivity index (χ0n) is 12.2. The predicted molar refractivity (Wildman–Crippen MR) is 82.0 cm³/mol. The predicted octanol–water partition coefficient (Wildman–Crippen LogP) is 2.85. The molecule has 5 nitrogen and oxygen atoms in total. The van der Waals surface area contributed by atoms with Gasteiger partial charge in [0.05, 0.1) is 29.1 Å². The van der Waals surface area contributed by atoms with E-state index >= 15 is 0 Å². The van der Waals surface area contributed by atoms with E-state index < -0.39 is 5.97 Å². The average molecular weight is 309 g/mol. The quantitative estimate of drug-likeness (QED) is 0.696. The molecule has 0 aliphatic rings. The number of fused-ring (bicyclic) bond motifs is 1. The summed E-state index contributed by atoms with van der Waals surface area (Å²) in [7, 11) is 0. The van der Waals surface area contributed by atoms with Crippen LogP contribution < -0.4 is 5.56 Å². The number of aromatic amines is 1. The normalized spacial score (nSPS) is 10.9. The molecule has 2 rings (SSSR count). The second kappa shape index (κ2) is 6.26. The van der Waals surface area contributed by atoms with Gasteiger partial charge >= 0.3 is 5.97 Å². The number of nitrogens with zero attached hydrogens (tertiary/aromatic N) is 1. The van der Waals surface area contributed by atoms with Crippen LogP contribution in [0.5, 0.6) is 0 Å². The number of carbonyl (C=O) groups excluding carboxylic acids is 1. The monoisotopic (exact) mass is 308 g/mol. The Morgan fingerprint density at radius 2 is 2.14 bits per heavy atom. The van der Waals surface area contributed by atoms with Gasteiger partial charge < -0.3 is 4.74 Å². The minimum absolute atomic E-state index is 0.186. The van der Waals surface area contributed by atoms with Crippen LogP contribution in [0.2, 0.25) is 0 Å². The first-order chi connectivity index (χ1) is 10.0. The number of carbonyl (C=O) groups is 1. The van der Waals surface area contributed by atoms with Crippen LogP contribution in [0.3, 0.4) is 0 Å². The smallest absolute Gasteiger partial charge is 0.338 e. The van der Waals surface area contributed by atoms with Gasteiger partial charge in [0.25, 0.3) is 5.56 Å². The molecule has 0 saturated carbocycles. The van der Waals surface area contributed by atoms with Crippen LogP contribution in [-0.2, 0) is 10.6 Å². The number of esters is 1. The highest BCUT2D eigenvalue weighted by atomic mass is 35.5. The summed E-state index contributed by atoms with van der Waals surface area (Å²) in [4.78, 5) is 24.2. The van der Waals surface area contributed by atoms with Gasteiger partial charge in [-0.05, 0) is 37.5 Å². The molecular weight excluding hydrogens is 292 g/mol. The van der Waals surface area contributed by atoms with E-state index in [0.717, 1.165) is 12.0 Å². The molecule has 0 amide bonds. The number of H-pyrrole nitrogens is 1.